The third kappa shape index (κ3) is 4.60. The van der Waals surface area contributed by atoms with Gasteiger partial charge in [-0.05, 0) is 97.6 Å². The first kappa shape index (κ1) is 24.3. The van der Waals surface area contributed by atoms with Gasteiger partial charge in [0.2, 0.25) is 0 Å². The van der Waals surface area contributed by atoms with Crippen LogP contribution in [-0.4, -0.2) is 14.4 Å². The molecule has 180 valence electrons. The molecule has 0 spiro atoms. The molecule has 0 aromatic rings. The zero-order valence-corrected chi connectivity index (χ0v) is 23.1. The maximum absolute atomic E-state index is 7.43. The van der Waals surface area contributed by atoms with Crippen molar-refractivity contribution in [1.82, 2.24) is 0 Å². The zero-order valence-electron chi connectivity index (χ0n) is 22.1. The largest absolute Gasteiger partial charge is 0.414 e. The van der Waals surface area contributed by atoms with Gasteiger partial charge in [-0.3, -0.25) is 0 Å². The topological polar surface area (TPSA) is 9.23 Å². The third-order valence-electron chi connectivity index (χ3n) is 11.6. The molecule has 1 unspecified atom stereocenters. The fourth-order valence-electron chi connectivity index (χ4n) is 9.24. The Kier molecular flexibility index (Phi) is 7.12. The predicted octanol–water partition coefficient (Wildman–Crippen LogP) is 9.23. The number of hydrogen-bond acceptors (Lipinski definition) is 1. The summed E-state index contributed by atoms with van der Waals surface area (Å²) in [7, 11) is -1.67. The lowest BCUT2D eigenvalue weighted by molar-refractivity contribution is -0.116. The van der Waals surface area contributed by atoms with Gasteiger partial charge in [0.15, 0.2) is 8.32 Å². The molecular formula is C29H54OSi. The average Bonchev–Trinajstić information content (AvgIpc) is 2.98. The molecule has 0 aromatic heterocycles. The Bertz CT molecular complexity index is 604. The Labute approximate surface area is 196 Å². The van der Waals surface area contributed by atoms with Gasteiger partial charge >= 0.3 is 0 Å². The van der Waals surface area contributed by atoms with Crippen LogP contribution in [0.5, 0.6) is 0 Å². The summed E-state index contributed by atoms with van der Waals surface area (Å²) in [6.07, 6.45) is 19.2. The highest BCUT2D eigenvalue weighted by Gasteiger charge is 2.55. The van der Waals surface area contributed by atoms with E-state index in [0.717, 1.165) is 35.1 Å². The van der Waals surface area contributed by atoms with Crippen molar-refractivity contribution < 1.29 is 4.43 Å². The average molecular weight is 447 g/mol. The molecule has 4 aliphatic carbocycles. The van der Waals surface area contributed by atoms with Gasteiger partial charge in [0.05, 0.1) is 6.10 Å². The number of hydrogen-bond donors (Lipinski definition) is 0. The maximum Gasteiger partial charge on any atom is 0.190 e. The highest BCUT2D eigenvalue weighted by molar-refractivity contribution is 6.72. The van der Waals surface area contributed by atoms with Gasteiger partial charge in [0.1, 0.15) is 0 Å². The van der Waals surface area contributed by atoms with Crippen LogP contribution in [-0.2, 0) is 4.43 Å². The summed E-state index contributed by atoms with van der Waals surface area (Å²) in [6, 6.07) is 0. The van der Waals surface area contributed by atoms with Crippen LogP contribution < -0.4 is 0 Å². The monoisotopic (exact) mass is 446 g/mol. The molecule has 0 radical (unpaired) electrons. The van der Waals surface area contributed by atoms with E-state index in [1.807, 2.05) is 0 Å². The molecule has 1 nitrogen and oxygen atoms in total. The second-order valence-electron chi connectivity index (χ2n) is 14.0. The SMILES string of the molecule is C[C@@H]1CCC(O[Si](C)(C)C2CCCCCC2)[C@@]2(C)CC[C@H]3[C@H](C)CC[C@@H](C[C@H]12)C3(C)C. The molecule has 0 heterocycles. The van der Waals surface area contributed by atoms with Crippen molar-refractivity contribution >= 4 is 8.32 Å². The van der Waals surface area contributed by atoms with Gasteiger partial charge in [-0.2, -0.15) is 0 Å². The van der Waals surface area contributed by atoms with Crippen molar-refractivity contribution in [2.24, 2.45) is 40.4 Å². The molecule has 0 aliphatic heterocycles. The lowest BCUT2D eigenvalue weighted by Gasteiger charge is -2.59. The molecule has 4 fully saturated rings. The van der Waals surface area contributed by atoms with Gasteiger partial charge in [-0.25, -0.2) is 0 Å². The fourth-order valence-corrected chi connectivity index (χ4v) is 12.3. The number of rotatable bonds is 3. The van der Waals surface area contributed by atoms with Crippen LogP contribution in [0.4, 0.5) is 0 Å². The zero-order chi connectivity index (χ0) is 22.4. The van der Waals surface area contributed by atoms with Gasteiger partial charge in [0.25, 0.3) is 0 Å². The maximum atomic E-state index is 7.43. The minimum atomic E-state index is -1.67. The Hall–Kier alpha value is 0.177. The summed E-state index contributed by atoms with van der Waals surface area (Å²) in [5.74, 6) is 4.48. The molecule has 4 aliphatic rings. The van der Waals surface area contributed by atoms with Crippen molar-refractivity contribution in [2.45, 2.75) is 143 Å². The molecule has 0 aromatic carbocycles. The van der Waals surface area contributed by atoms with E-state index in [9.17, 15) is 0 Å². The van der Waals surface area contributed by atoms with E-state index in [2.05, 4.69) is 47.7 Å². The second kappa shape index (κ2) is 9.08. The summed E-state index contributed by atoms with van der Waals surface area (Å²) >= 11 is 0. The summed E-state index contributed by atoms with van der Waals surface area (Å²) in [5.41, 5.74) is 1.82. The summed E-state index contributed by atoms with van der Waals surface area (Å²) in [6.45, 7) is 18.3. The quantitative estimate of drug-likeness (QED) is 0.310. The molecule has 2 heteroatoms. The Morgan fingerprint density at radius 2 is 1.32 bits per heavy atom. The van der Waals surface area contributed by atoms with Crippen molar-refractivity contribution in [3.63, 3.8) is 0 Å². The lowest BCUT2D eigenvalue weighted by atomic mass is 9.48. The van der Waals surface area contributed by atoms with E-state index in [1.54, 1.807) is 0 Å². The fraction of sp³-hybridized carbons (Fsp3) is 1.00. The smallest absolute Gasteiger partial charge is 0.190 e. The van der Waals surface area contributed by atoms with Crippen LogP contribution in [0.1, 0.15) is 118 Å². The van der Waals surface area contributed by atoms with E-state index < -0.39 is 8.32 Å². The van der Waals surface area contributed by atoms with Crippen LogP contribution >= 0.6 is 0 Å². The minimum absolute atomic E-state index is 0.400. The lowest BCUT2D eigenvalue weighted by Crippen LogP contribution is -2.55. The Balaban J connectivity index is 1.58. The highest BCUT2D eigenvalue weighted by atomic mass is 28.4. The minimum Gasteiger partial charge on any atom is -0.414 e. The van der Waals surface area contributed by atoms with Gasteiger partial charge < -0.3 is 4.43 Å². The Morgan fingerprint density at radius 1 is 0.710 bits per heavy atom. The first-order chi connectivity index (χ1) is 14.6. The van der Waals surface area contributed by atoms with E-state index in [4.69, 9.17) is 4.43 Å². The van der Waals surface area contributed by atoms with E-state index in [1.165, 1.54) is 83.5 Å². The van der Waals surface area contributed by atoms with E-state index >= 15 is 0 Å². The third-order valence-corrected chi connectivity index (χ3v) is 15.1. The second-order valence-corrected chi connectivity index (χ2v) is 18.3. The van der Waals surface area contributed by atoms with Crippen LogP contribution in [0.15, 0.2) is 0 Å². The van der Waals surface area contributed by atoms with Crippen LogP contribution in [0.3, 0.4) is 0 Å². The van der Waals surface area contributed by atoms with Crippen molar-refractivity contribution in [3.05, 3.63) is 0 Å². The molecule has 7 atom stereocenters. The van der Waals surface area contributed by atoms with Gasteiger partial charge in [-0.1, -0.05) is 79.6 Å². The highest BCUT2D eigenvalue weighted by Crippen LogP contribution is 2.61. The summed E-state index contributed by atoms with van der Waals surface area (Å²) < 4.78 is 7.43. The molecule has 0 saturated heterocycles. The molecule has 4 rings (SSSR count). The summed E-state index contributed by atoms with van der Waals surface area (Å²) in [5, 5.41) is 0. The van der Waals surface area contributed by atoms with E-state index in [0.29, 0.717) is 16.9 Å². The predicted molar refractivity (Wildman–Crippen MR) is 137 cm³/mol. The van der Waals surface area contributed by atoms with Crippen LogP contribution in [0, 0.1) is 40.4 Å². The summed E-state index contributed by atoms with van der Waals surface area (Å²) in [4.78, 5) is 0. The van der Waals surface area contributed by atoms with Crippen LogP contribution in [0.2, 0.25) is 18.6 Å². The molecule has 0 N–H and O–H groups in total. The first-order valence-electron chi connectivity index (χ1n) is 14.2. The van der Waals surface area contributed by atoms with E-state index in [-0.39, 0.29) is 0 Å². The standard InChI is InChI=1S/C29H54OSi/c1-21-14-16-23-20-26-22(2)15-17-27(29(26,5)19-18-25(21)28(23,3)4)30-31(6,7)24-12-10-8-9-11-13-24/h21-27H,8-20H2,1-7H3/t21-,22-,23+,25+,26-,27?,29+/m1/s1. The van der Waals surface area contributed by atoms with Gasteiger partial charge in [-0.15, -0.1) is 0 Å². The van der Waals surface area contributed by atoms with Gasteiger partial charge in [0, 0.05) is 0 Å². The van der Waals surface area contributed by atoms with Crippen LogP contribution in [0.25, 0.3) is 0 Å². The molecule has 2 bridgehead atoms. The van der Waals surface area contributed by atoms with Crippen molar-refractivity contribution in [1.29, 1.82) is 0 Å². The molecular weight excluding hydrogens is 392 g/mol. The normalized spacial score (nSPS) is 44.6. The molecule has 0 amide bonds. The molecule has 31 heavy (non-hydrogen) atoms. The Morgan fingerprint density at radius 3 is 2.00 bits per heavy atom. The van der Waals surface area contributed by atoms with Crippen molar-refractivity contribution in [3.8, 4) is 0 Å². The first-order valence-corrected chi connectivity index (χ1v) is 17.2. The number of fused-ring (bicyclic) bond motifs is 3. The van der Waals surface area contributed by atoms with Crippen molar-refractivity contribution in [2.75, 3.05) is 0 Å². The molecule has 4 saturated carbocycles.